The number of hydrogen-bond acceptors (Lipinski definition) is 2. The van der Waals surface area contributed by atoms with Crippen LogP contribution < -0.4 is 5.32 Å². The fraction of sp³-hybridized carbons (Fsp3) is 0.200. The minimum atomic E-state index is -0.606. The number of para-hydroxylation sites is 1. The third-order valence-corrected chi connectivity index (χ3v) is 3.40. The molecule has 20 heavy (non-hydrogen) atoms. The summed E-state index contributed by atoms with van der Waals surface area (Å²) in [6, 6.07) is 8.18. The van der Waals surface area contributed by atoms with Gasteiger partial charge in [0.1, 0.15) is 17.4 Å². The molecule has 0 aromatic heterocycles. The van der Waals surface area contributed by atoms with Crippen molar-refractivity contribution in [3.8, 4) is 5.75 Å². The summed E-state index contributed by atoms with van der Waals surface area (Å²) in [5, 5.41) is 13.1. The van der Waals surface area contributed by atoms with Crippen molar-refractivity contribution in [2.45, 2.75) is 19.5 Å². The first-order valence-electron chi connectivity index (χ1n) is 6.13. The molecule has 0 aliphatic heterocycles. The zero-order chi connectivity index (χ0) is 14.7. The Labute approximate surface area is 121 Å². The van der Waals surface area contributed by atoms with Gasteiger partial charge in [0.15, 0.2) is 0 Å². The van der Waals surface area contributed by atoms with Gasteiger partial charge in [0.2, 0.25) is 0 Å². The lowest BCUT2D eigenvalue weighted by Gasteiger charge is -2.16. The number of benzene rings is 2. The Morgan fingerprint density at radius 3 is 2.70 bits per heavy atom. The Morgan fingerprint density at radius 1 is 1.25 bits per heavy atom. The van der Waals surface area contributed by atoms with Gasteiger partial charge in [0, 0.05) is 29.8 Å². The van der Waals surface area contributed by atoms with Crippen molar-refractivity contribution < 1.29 is 13.9 Å². The van der Waals surface area contributed by atoms with E-state index in [2.05, 4.69) is 5.32 Å². The summed E-state index contributed by atoms with van der Waals surface area (Å²) in [5.74, 6) is -1.19. The van der Waals surface area contributed by atoms with Crippen molar-refractivity contribution in [1.82, 2.24) is 5.32 Å². The molecule has 0 saturated heterocycles. The molecular weight excluding hydrogens is 284 g/mol. The van der Waals surface area contributed by atoms with E-state index in [0.29, 0.717) is 17.7 Å². The molecule has 0 bridgehead atoms. The number of hydrogen-bond donors (Lipinski definition) is 2. The number of rotatable bonds is 4. The van der Waals surface area contributed by atoms with Crippen molar-refractivity contribution in [1.29, 1.82) is 0 Å². The third-order valence-electron chi connectivity index (χ3n) is 3.10. The average Bonchev–Trinajstić information content (AvgIpc) is 2.40. The normalized spacial score (nSPS) is 12.4. The van der Waals surface area contributed by atoms with Crippen LogP contribution in [0, 0.1) is 11.6 Å². The van der Waals surface area contributed by atoms with E-state index in [0.717, 1.165) is 6.07 Å². The molecule has 1 unspecified atom stereocenters. The smallest absolute Gasteiger partial charge is 0.138 e. The number of halogens is 3. The van der Waals surface area contributed by atoms with Crippen LogP contribution in [-0.2, 0) is 6.54 Å². The topological polar surface area (TPSA) is 32.3 Å². The molecule has 1 atom stereocenters. The first kappa shape index (κ1) is 14.8. The summed E-state index contributed by atoms with van der Waals surface area (Å²) < 4.78 is 26.5. The predicted octanol–water partition coefficient (Wildman–Crippen LogP) is 4.17. The minimum absolute atomic E-state index is 0.00782. The maximum Gasteiger partial charge on any atom is 0.138 e. The number of phenols is 1. The van der Waals surface area contributed by atoms with E-state index < -0.39 is 11.6 Å². The maximum atomic E-state index is 13.6. The molecule has 2 nitrogen and oxygen atoms in total. The molecule has 2 aromatic carbocycles. The van der Waals surface area contributed by atoms with Crippen molar-refractivity contribution in [3.63, 3.8) is 0 Å². The Balaban J connectivity index is 2.08. The third kappa shape index (κ3) is 3.26. The summed E-state index contributed by atoms with van der Waals surface area (Å²) in [4.78, 5) is 0. The van der Waals surface area contributed by atoms with Gasteiger partial charge in [-0.05, 0) is 19.1 Å². The molecule has 0 heterocycles. The van der Waals surface area contributed by atoms with Crippen molar-refractivity contribution >= 4 is 11.6 Å². The highest BCUT2D eigenvalue weighted by Crippen LogP contribution is 2.27. The first-order chi connectivity index (χ1) is 9.49. The number of aromatic hydroxyl groups is 1. The highest BCUT2D eigenvalue weighted by Gasteiger charge is 2.12. The SMILES string of the molecule is CC(NCc1cccc(Cl)c1O)c1ccc(F)cc1F. The van der Waals surface area contributed by atoms with Gasteiger partial charge >= 0.3 is 0 Å². The summed E-state index contributed by atoms with van der Waals surface area (Å²) >= 11 is 5.81. The van der Waals surface area contributed by atoms with E-state index in [-0.39, 0.29) is 16.8 Å². The van der Waals surface area contributed by atoms with Gasteiger partial charge in [-0.3, -0.25) is 0 Å². The van der Waals surface area contributed by atoms with E-state index >= 15 is 0 Å². The fourth-order valence-electron chi connectivity index (χ4n) is 1.93. The maximum absolute atomic E-state index is 13.6. The zero-order valence-electron chi connectivity index (χ0n) is 10.8. The highest BCUT2D eigenvalue weighted by molar-refractivity contribution is 6.32. The molecule has 0 fully saturated rings. The van der Waals surface area contributed by atoms with Gasteiger partial charge < -0.3 is 10.4 Å². The first-order valence-corrected chi connectivity index (χ1v) is 6.51. The Bertz CT molecular complexity index is 619. The van der Waals surface area contributed by atoms with Crippen LogP contribution in [0.3, 0.4) is 0 Å². The zero-order valence-corrected chi connectivity index (χ0v) is 11.6. The van der Waals surface area contributed by atoms with E-state index in [4.69, 9.17) is 11.6 Å². The van der Waals surface area contributed by atoms with Crippen molar-refractivity contribution in [2.24, 2.45) is 0 Å². The lowest BCUT2D eigenvalue weighted by atomic mass is 10.1. The van der Waals surface area contributed by atoms with E-state index in [1.54, 1.807) is 25.1 Å². The van der Waals surface area contributed by atoms with Crippen LogP contribution in [0.4, 0.5) is 8.78 Å². The summed E-state index contributed by atoms with van der Waals surface area (Å²) in [6.07, 6.45) is 0. The molecular formula is C15H14ClF2NO. The lowest BCUT2D eigenvalue weighted by molar-refractivity contribution is 0.458. The Hall–Kier alpha value is -1.65. The van der Waals surface area contributed by atoms with Gasteiger partial charge in [0.25, 0.3) is 0 Å². The number of nitrogens with one attached hydrogen (secondary N) is 1. The highest BCUT2D eigenvalue weighted by atomic mass is 35.5. The van der Waals surface area contributed by atoms with E-state index in [9.17, 15) is 13.9 Å². The molecule has 0 aliphatic carbocycles. The van der Waals surface area contributed by atoms with Crippen LogP contribution >= 0.6 is 11.6 Å². The molecule has 2 N–H and O–H groups in total. The van der Waals surface area contributed by atoms with Crippen LogP contribution in [0.5, 0.6) is 5.75 Å². The lowest BCUT2D eigenvalue weighted by Crippen LogP contribution is -2.19. The number of phenolic OH excluding ortho intramolecular Hbond substituents is 1. The quantitative estimate of drug-likeness (QED) is 0.887. The molecule has 5 heteroatoms. The van der Waals surface area contributed by atoms with E-state index in [1.807, 2.05) is 0 Å². The minimum Gasteiger partial charge on any atom is -0.506 e. The average molecular weight is 298 g/mol. The van der Waals surface area contributed by atoms with Gasteiger partial charge in [-0.25, -0.2) is 8.78 Å². The molecule has 106 valence electrons. The van der Waals surface area contributed by atoms with Crippen LogP contribution in [0.2, 0.25) is 5.02 Å². The summed E-state index contributed by atoms with van der Waals surface area (Å²) in [6.45, 7) is 2.09. The van der Waals surface area contributed by atoms with Gasteiger partial charge in [-0.2, -0.15) is 0 Å². The fourth-order valence-corrected chi connectivity index (χ4v) is 2.12. The molecule has 0 radical (unpaired) electrons. The monoisotopic (exact) mass is 297 g/mol. The molecule has 0 spiro atoms. The predicted molar refractivity (Wildman–Crippen MR) is 74.7 cm³/mol. The summed E-state index contributed by atoms with van der Waals surface area (Å²) in [5.41, 5.74) is 0.986. The van der Waals surface area contributed by atoms with Gasteiger partial charge in [-0.1, -0.05) is 29.8 Å². The molecule has 2 rings (SSSR count). The Kier molecular flexibility index (Phi) is 4.57. The summed E-state index contributed by atoms with van der Waals surface area (Å²) in [7, 11) is 0. The van der Waals surface area contributed by atoms with Crippen LogP contribution in [0.1, 0.15) is 24.1 Å². The van der Waals surface area contributed by atoms with Gasteiger partial charge in [0.05, 0.1) is 5.02 Å². The van der Waals surface area contributed by atoms with Crippen LogP contribution in [0.15, 0.2) is 36.4 Å². The van der Waals surface area contributed by atoms with Crippen LogP contribution in [-0.4, -0.2) is 5.11 Å². The molecule has 0 aliphatic rings. The second-order valence-corrected chi connectivity index (χ2v) is 4.92. The van der Waals surface area contributed by atoms with E-state index in [1.165, 1.54) is 12.1 Å². The van der Waals surface area contributed by atoms with Crippen molar-refractivity contribution in [3.05, 3.63) is 64.2 Å². The standard InChI is InChI=1S/C15H14ClF2NO/c1-9(12-6-5-11(17)7-14(12)18)19-8-10-3-2-4-13(16)15(10)20/h2-7,9,19-20H,8H2,1H3. The molecule has 0 amide bonds. The second-order valence-electron chi connectivity index (χ2n) is 4.52. The second kappa shape index (κ2) is 6.20. The van der Waals surface area contributed by atoms with Crippen LogP contribution in [0.25, 0.3) is 0 Å². The molecule has 0 saturated carbocycles. The van der Waals surface area contributed by atoms with Crippen molar-refractivity contribution in [2.75, 3.05) is 0 Å². The Morgan fingerprint density at radius 2 is 2.00 bits per heavy atom. The molecule has 2 aromatic rings. The largest absolute Gasteiger partial charge is 0.506 e. The van der Waals surface area contributed by atoms with Gasteiger partial charge in [-0.15, -0.1) is 0 Å².